The van der Waals surface area contributed by atoms with Crippen LogP contribution in [0.1, 0.15) is 36.0 Å². The van der Waals surface area contributed by atoms with Crippen LogP contribution < -0.4 is 10.2 Å². The number of rotatable bonds is 9. The fourth-order valence-electron chi connectivity index (χ4n) is 4.83. The first kappa shape index (κ1) is 24.4. The maximum atomic E-state index is 12.0. The molecule has 5 heteroatoms. The Hall–Kier alpha value is -4.25. The number of nitrogens with zero attached hydrogens (tertiary/aromatic N) is 3. The number of hydrogen-bond donors (Lipinski definition) is 1. The van der Waals surface area contributed by atoms with E-state index in [1.807, 2.05) is 48.7 Å². The van der Waals surface area contributed by atoms with Crippen molar-refractivity contribution in [2.45, 2.75) is 32.1 Å². The minimum atomic E-state index is 0.000268. The molecule has 0 bridgehead atoms. The number of aromatic nitrogens is 2. The third kappa shape index (κ3) is 6.31. The number of ketones is 1. The largest absolute Gasteiger partial charge is 0.371 e. The van der Waals surface area contributed by atoms with Crippen molar-refractivity contribution in [1.82, 2.24) is 9.97 Å². The Morgan fingerprint density at radius 2 is 1.70 bits per heavy atom. The zero-order valence-electron chi connectivity index (χ0n) is 21.1. The van der Waals surface area contributed by atoms with E-state index in [-0.39, 0.29) is 5.78 Å². The second-order valence-electron chi connectivity index (χ2n) is 9.50. The minimum absolute atomic E-state index is 0.000268. The second-order valence-corrected chi connectivity index (χ2v) is 9.50. The van der Waals surface area contributed by atoms with Crippen LogP contribution in [0.2, 0.25) is 0 Å². The summed E-state index contributed by atoms with van der Waals surface area (Å²) >= 11 is 0. The normalized spacial score (nSPS) is 13.2. The summed E-state index contributed by atoms with van der Waals surface area (Å²) in [5, 5.41) is 3.42. The van der Waals surface area contributed by atoms with E-state index < -0.39 is 0 Å². The van der Waals surface area contributed by atoms with E-state index in [0.29, 0.717) is 12.4 Å². The van der Waals surface area contributed by atoms with Crippen molar-refractivity contribution in [2.24, 2.45) is 0 Å². The van der Waals surface area contributed by atoms with Gasteiger partial charge < -0.3 is 10.2 Å². The monoisotopic (exact) mass is 488 g/mol. The molecule has 1 saturated heterocycles. The van der Waals surface area contributed by atoms with Gasteiger partial charge in [-0.1, -0.05) is 61.2 Å². The number of nitrogens with one attached hydrogen (secondary N) is 1. The highest BCUT2D eigenvalue weighted by Crippen LogP contribution is 2.28. The van der Waals surface area contributed by atoms with Crippen molar-refractivity contribution >= 4 is 23.1 Å². The van der Waals surface area contributed by atoms with Crippen LogP contribution in [-0.4, -0.2) is 28.8 Å². The Balaban J connectivity index is 1.47. The first-order chi connectivity index (χ1) is 18.2. The van der Waals surface area contributed by atoms with Gasteiger partial charge in [-0.25, -0.2) is 9.97 Å². The fourth-order valence-corrected chi connectivity index (χ4v) is 4.83. The van der Waals surface area contributed by atoms with Crippen molar-refractivity contribution in [1.29, 1.82) is 0 Å². The summed E-state index contributed by atoms with van der Waals surface area (Å²) in [6.45, 7) is 5.80. The van der Waals surface area contributed by atoms with Crippen molar-refractivity contribution < 1.29 is 4.79 Å². The van der Waals surface area contributed by atoms with E-state index in [0.717, 1.165) is 47.6 Å². The van der Waals surface area contributed by atoms with Gasteiger partial charge in [0.15, 0.2) is 5.78 Å². The molecule has 5 rings (SSSR count). The summed E-state index contributed by atoms with van der Waals surface area (Å²) in [5.74, 6) is 0.551. The van der Waals surface area contributed by atoms with Crippen LogP contribution >= 0.6 is 0 Å². The predicted molar refractivity (Wildman–Crippen MR) is 151 cm³/mol. The summed E-state index contributed by atoms with van der Waals surface area (Å²) < 4.78 is 0. The molecule has 186 valence electrons. The van der Waals surface area contributed by atoms with E-state index in [2.05, 4.69) is 58.2 Å². The number of carbonyl (C=O) groups is 1. The molecule has 0 saturated carbocycles. The Morgan fingerprint density at radius 1 is 0.919 bits per heavy atom. The van der Waals surface area contributed by atoms with Gasteiger partial charge >= 0.3 is 0 Å². The average Bonchev–Trinajstić information content (AvgIpc) is 2.95. The van der Waals surface area contributed by atoms with Crippen LogP contribution in [0.15, 0.2) is 97.7 Å². The lowest BCUT2D eigenvalue weighted by atomic mass is 9.98. The van der Waals surface area contributed by atoms with Crippen LogP contribution in [0.4, 0.5) is 17.3 Å². The number of benzene rings is 3. The number of anilines is 3. The van der Waals surface area contributed by atoms with Gasteiger partial charge in [0.25, 0.3) is 0 Å². The Labute approximate surface area is 218 Å². The SMILES string of the molecule is C=CC(=O)Cc1cccc(-c2nc(Nc3cccc(N4CCCCC4)c3)ncc2Cc2ccccc2)c1. The quantitative estimate of drug-likeness (QED) is 0.264. The molecule has 0 unspecified atom stereocenters. The molecule has 0 radical (unpaired) electrons. The molecule has 1 aromatic heterocycles. The molecule has 3 aromatic carbocycles. The summed E-state index contributed by atoms with van der Waals surface area (Å²) in [7, 11) is 0. The van der Waals surface area contributed by atoms with Crippen LogP contribution in [0.3, 0.4) is 0 Å². The molecule has 2 heterocycles. The molecule has 1 aliphatic heterocycles. The summed E-state index contributed by atoms with van der Waals surface area (Å²) in [4.78, 5) is 24.1. The highest BCUT2D eigenvalue weighted by Gasteiger charge is 2.14. The number of carbonyl (C=O) groups excluding carboxylic acids is 1. The van der Waals surface area contributed by atoms with Gasteiger partial charge in [-0.2, -0.15) is 0 Å². The van der Waals surface area contributed by atoms with E-state index in [1.165, 1.54) is 36.6 Å². The lowest BCUT2D eigenvalue weighted by molar-refractivity contribution is -0.114. The fraction of sp³-hybridized carbons (Fsp3) is 0.219. The molecule has 0 amide bonds. The van der Waals surface area contributed by atoms with Gasteiger partial charge in [0, 0.05) is 54.6 Å². The van der Waals surface area contributed by atoms with Crippen LogP contribution in [0, 0.1) is 0 Å². The molecule has 1 aliphatic rings. The third-order valence-corrected chi connectivity index (χ3v) is 6.73. The van der Waals surface area contributed by atoms with E-state index in [1.54, 1.807) is 0 Å². The van der Waals surface area contributed by atoms with Crippen LogP contribution in [0.25, 0.3) is 11.3 Å². The standard InChI is InChI=1S/C32H32N4O/c1-2-30(37)21-25-13-9-14-26(20-25)31-27(19-24-11-5-3-6-12-24)23-33-32(35-31)34-28-15-10-16-29(22-28)36-17-7-4-8-18-36/h2-3,5-6,9-16,20,22-23H,1,4,7-8,17-19,21H2,(H,33,34,35). The first-order valence-corrected chi connectivity index (χ1v) is 12.9. The molecule has 1 N–H and O–H groups in total. The molecule has 0 atom stereocenters. The van der Waals surface area contributed by atoms with Gasteiger partial charge in [-0.3, -0.25) is 4.79 Å². The maximum Gasteiger partial charge on any atom is 0.227 e. The van der Waals surface area contributed by atoms with Crippen molar-refractivity contribution in [3.63, 3.8) is 0 Å². The lowest BCUT2D eigenvalue weighted by Gasteiger charge is -2.29. The Morgan fingerprint density at radius 3 is 2.51 bits per heavy atom. The Kier molecular flexibility index (Phi) is 7.70. The first-order valence-electron chi connectivity index (χ1n) is 12.9. The van der Waals surface area contributed by atoms with Crippen molar-refractivity contribution in [2.75, 3.05) is 23.3 Å². The number of allylic oxidation sites excluding steroid dienone is 1. The molecule has 0 aliphatic carbocycles. The topological polar surface area (TPSA) is 58.1 Å². The lowest BCUT2D eigenvalue weighted by Crippen LogP contribution is -2.29. The van der Waals surface area contributed by atoms with Gasteiger partial charge in [0.1, 0.15) is 0 Å². The molecule has 5 nitrogen and oxygen atoms in total. The molecule has 37 heavy (non-hydrogen) atoms. The zero-order chi connectivity index (χ0) is 25.5. The van der Waals surface area contributed by atoms with Crippen LogP contribution in [0.5, 0.6) is 0 Å². The van der Waals surface area contributed by atoms with Gasteiger partial charge in [-0.15, -0.1) is 0 Å². The summed E-state index contributed by atoms with van der Waals surface area (Å²) in [6, 6.07) is 26.8. The number of piperidine rings is 1. The molecule has 4 aromatic rings. The van der Waals surface area contributed by atoms with Crippen LogP contribution in [-0.2, 0) is 17.6 Å². The van der Waals surface area contributed by atoms with Gasteiger partial charge in [0.05, 0.1) is 5.69 Å². The third-order valence-electron chi connectivity index (χ3n) is 6.73. The van der Waals surface area contributed by atoms with Crippen molar-refractivity contribution in [3.8, 4) is 11.3 Å². The minimum Gasteiger partial charge on any atom is -0.371 e. The summed E-state index contributed by atoms with van der Waals surface area (Å²) in [6.07, 6.45) is 8.12. The average molecular weight is 489 g/mol. The Bertz CT molecular complexity index is 1380. The van der Waals surface area contributed by atoms with E-state index in [4.69, 9.17) is 4.98 Å². The zero-order valence-corrected chi connectivity index (χ0v) is 21.1. The second kappa shape index (κ2) is 11.7. The predicted octanol–water partition coefficient (Wildman–Crippen LogP) is 6.77. The highest BCUT2D eigenvalue weighted by molar-refractivity contribution is 5.91. The molecule has 1 fully saturated rings. The van der Waals surface area contributed by atoms with E-state index in [9.17, 15) is 4.79 Å². The number of hydrogen-bond acceptors (Lipinski definition) is 5. The molecular weight excluding hydrogens is 456 g/mol. The highest BCUT2D eigenvalue weighted by atomic mass is 16.1. The van der Waals surface area contributed by atoms with Gasteiger partial charge in [0.2, 0.25) is 5.95 Å². The van der Waals surface area contributed by atoms with E-state index >= 15 is 0 Å². The summed E-state index contributed by atoms with van der Waals surface area (Å²) in [5.41, 5.74) is 7.19. The van der Waals surface area contributed by atoms with Gasteiger partial charge in [-0.05, 0) is 60.7 Å². The van der Waals surface area contributed by atoms with Crippen molar-refractivity contribution in [3.05, 3.63) is 114 Å². The molecular formula is C32H32N4O. The smallest absolute Gasteiger partial charge is 0.227 e. The maximum absolute atomic E-state index is 12.0. The molecule has 0 spiro atoms.